The maximum atomic E-state index is 11.1. The molecule has 2 aromatic rings. The van der Waals surface area contributed by atoms with Gasteiger partial charge in [-0.1, -0.05) is 12.1 Å². The van der Waals surface area contributed by atoms with Gasteiger partial charge in [0.15, 0.2) is 0 Å². The first-order valence-corrected chi connectivity index (χ1v) is 5.91. The average Bonchev–Trinajstić information content (AvgIpc) is 2.64. The number of fused-ring (bicyclic) bond motifs is 1. The minimum absolute atomic E-state index is 0.199. The molecule has 4 nitrogen and oxygen atoms in total. The molecular formula is C13H17N3O. The van der Waals surface area contributed by atoms with Crippen molar-refractivity contribution in [2.45, 2.75) is 26.8 Å². The maximum Gasteiger partial charge on any atom is 0.203 e. The molecule has 0 aliphatic heterocycles. The van der Waals surface area contributed by atoms with E-state index in [-0.39, 0.29) is 5.78 Å². The lowest BCUT2D eigenvalue weighted by atomic mass is 10.3. The van der Waals surface area contributed by atoms with Crippen LogP contribution >= 0.6 is 0 Å². The Hall–Kier alpha value is -1.84. The number of carbonyl (C=O) groups excluding carboxylic acids is 1. The van der Waals surface area contributed by atoms with Gasteiger partial charge in [-0.25, -0.2) is 4.98 Å². The van der Waals surface area contributed by atoms with E-state index in [2.05, 4.69) is 14.9 Å². The topological polar surface area (TPSA) is 46.9 Å². The minimum atomic E-state index is 0.199. The molecule has 1 aromatic carbocycles. The van der Waals surface area contributed by atoms with E-state index in [9.17, 15) is 4.79 Å². The van der Waals surface area contributed by atoms with Crippen LogP contribution in [0.15, 0.2) is 24.3 Å². The molecule has 0 fully saturated rings. The van der Waals surface area contributed by atoms with E-state index in [1.165, 1.54) is 0 Å². The summed E-state index contributed by atoms with van der Waals surface area (Å²) in [5.41, 5.74) is 2.04. The number of para-hydroxylation sites is 2. The summed E-state index contributed by atoms with van der Waals surface area (Å²) in [6, 6.07) is 7.98. The first kappa shape index (κ1) is 11.6. The molecule has 0 aliphatic rings. The monoisotopic (exact) mass is 231 g/mol. The van der Waals surface area contributed by atoms with Crippen molar-refractivity contribution in [3.05, 3.63) is 24.3 Å². The first-order chi connectivity index (χ1) is 8.22. The molecule has 0 saturated heterocycles. The number of Topliss-reactive ketones (excluding diaryl/α,β-unsaturated/α-hetero) is 1. The second-order valence-corrected chi connectivity index (χ2v) is 4.06. The van der Waals surface area contributed by atoms with Crippen LogP contribution in [-0.4, -0.2) is 21.9 Å². The lowest BCUT2D eigenvalue weighted by Crippen LogP contribution is -2.09. The number of ketones is 1. The SMILES string of the molecule is CCNc1nc2ccccc2n1CCC(C)=O. The largest absolute Gasteiger partial charge is 0.356 e. The standard InChI is InChI=1S/C13H17N3O/c1-3-14-13-15-11-6-4-5-7-12(11)16(13)9-8-10(2)17/h4-7H,3,8-9H2,1-2H3,(H,14,15). The van der Waals surface area contributed by atoms with Gasteiger partial charge >= 0.3 is 0 Å². The van der Waals surface area contributed by atoms with Crippen LogP contribution < -0.4 is 5.32 Å². The van der Waals surface area contributed by atoms with E-state index in [0.29, 0.717) is 13.0 Å². The lowest BCUT2D eigenvalue weighted by Gasteiger charge is -2.08. The number of imidazole rings is 1. The number of carbonyl (C=O) groups is 1. The third-order valence-corrected chi connectivity index (χ3v) is 2.68. The fourth-order valence-corrected chi connectivity index (χ4v) is 1.86. The van der Waals surface area contributed by atoms with Gasteiger partial charge in [0.2, 0.25) is 5.95 Å². The smallest absolute Gasteiger partial charge is 0.203 e. The van der Waals surface area contributed by atoms with E-state index in [0.717, 1.165) is 23.5 Å². The molecule has 17 heavy (non-hydrogen) atoms. The molecule has 0 amide bonds. The number of rotatable bonds is 5. The van der Waals surface area contributed by atoms with Crippen molar-refractivity contribution < 1.29 is 4.79 Å². The zero-order valence-electron chi connectivity index (χ0n) is 10.2. The van der Waals surface area contributed by atoms with Crippen LogP contribution in [0.5, 0.6) is 0 Å². The van der Waals surface area contributed by atoms with Crippen LogP contribution in [0.1, 0.15) is 20.3 Å². The number of anilines is 1. The Bertz CT molecular complexity index is 530. The van der Waals surface area contributed by atoms with Gasteiger partial charge in [-0.3, -0.25) is 4.79 Å². The average molecular weight is 231 g/mol. The minimum Gasteiger partial charge on any atom is -0.356 e. The Balaban J connectivity index is 2.40. The van der Waals surface area contributed by atoms with Crippen molar-refractivity contribution in [2.24, 2.45) is 0 Å². The second kappa shape index (κ2) is 4.99. The highest BCUT2D eigenvalue weighted by atomic mass is 16.1. The summed E-state index contributed by atoms with van der Waals surface area (Å²) in [7, 11) is 0. The highest BCUT2D eigenvalue weighted by Gasteiger charge is 2.09. The van der Waals surface area contributed by atoms with Crippen molar-refractivity contribution in [1.82, 2.24) is 9.55 Å². The summed E-state index contributed by atoms with van der Waals surface area (Å²) in [5, 5.41) is 3.23. The van der Waals surface area contributed by atoms with Gasteiger partial charge < -0.3 is 9.88 Å². The van der Waals surface area contributed by atoms with E-state index in [1.807, 2.05) is 31.2 Å². The molecule has 0 radical (unpaired) electrons. The number of aromatic nitrogens is 2. The van der Waals surface area contributed by atoms with Crippen molar-refractivity contribution in [2.75, 3.05) is 11.9 Å². The molecule has 90 valence electrons. The Labute approximate surface area is 101 Å². The number of aryl methyl sites for hydroxylation is 1. The Morgan fingerprint density at radius 1 is 1.41 bits per heavy atom. The first-order valence-electron chi connectivity index (χ1n) is 5.91. The third-order valence-electron chi connectivity index (χ3n) is 2.68. The van der Waals surface area contributed by atoms with Crippen LogP contribution in [0, 0.1) is 0 Å². The zero-order chi connectivity index (χ0) is 12.3. The Kier molecular flexibility index (Phi) is 3.42. The number of benzene rings is 1. The summed E-state index contributed by atoms with van der Waals surface area (Å²) in [4.78, 5) is 15.6. The molecule has 0 aliphatic carbocycles. The Morgan fingerprint density at radius 2 is 2.18 bits per heavy atom. The van der Waals surface area contributed by atoms with Crippen molar-refractivity contribution in [1.29, 1.82) is 0 Å². The van der Waals surface area contributed by atoms with Gasteiger partial charge in [-0.15, -0.1) is 0 Å². The van der Waals surface area contributed by atoms with Crippen LogP contribution in [-0.2, 0) is 11.3 Å². The van der Waals surface area contributed by atoms with Crippen LogP contribution in [0.2, 0.25) is 0 Å². The zero-order valence-corrected chi connectivity index (χ0v) is 10.2. The molecule has 1 heterocycles. The van der Waals surface area contributed by atoms with E-state index < -0.39 is 0 Å². The van der Waals surface area contributed by atoms with Gasteiger partial charge in [0.25, 0.3) is 0 Å². The predicted octanol–water partition coefficient (Wildman–Crippen LogP) is 2.45. The molecule has 0 spiro atoms. The van der Waals surface area contributed by atoms with Crippen molar-refractivity contribution >= 4 is 22.8 Å². The summed E-state index contributed by atoms with van der Waals surface area (Å²) in [6.07, 6.45) is 0.540. The van der Waals surface area contributed by atoms with Gasteiger partial charge in [0.05, 0.1) is 11.0 Å². The molecule has 1 aromatic heterocycles. The molecule has 2 rings (SSSR count). The highest BCUT2D eigenvalue weighted by molar-refractivity contribution is 5.79. The molecule has 1 N–H and O–H groups in total. The molecule has 0 atom stereocenters. The van der Waals surface area contributed by atoms with Gasteiger partial charge in [-0.2, -0.15) is 0 Å². The number of nitrogens with zero attached hydrogens (tertiary/aromatic N) is 2. The highest BCUT2D eigenvalue weighted by Crippen LogP contribution is 2.19. The second-order valence-electron chi connectivity index (χ2n) is 4.06. The van der Waals surface area contributed by atoms with Crippen molar-refractivity contribution in [3.63, 3.8) is 0 Å². The van der Waals surface area contributed by atoms with E-state index in [4.69, 9.17) is 0 Å². The van der Waals surface area contributed by atoms with Crippen LogP contribution in [0.3, 0.4) is 0 Å². The summed E-state index contributed by atoms with van der Waals surface area (Å²) >= 11 is 0. The summed E-state index contributed by atoms with van der Waals surface area (Å²) in [6.45, 7) is 5.16. The molecule has 4 heteroatoms. The van der Waals surface area contributed by atoms with E-state index in [1.54, 1.807) is 6.92 Å². The fraction of sp³-hybridized carbons (Fsp3) is 0.385. The summed E-state index contributed by atoms with van der Waals surface area (Å²) in [5.74, 6) is 1.04. The lowest BCUT2D eigenvalue weighted by molar-refractivity contribution is -0.117. The quantitative estimate of drug-likeness (QED) is 0.859. The third kappa shape index (κ3) is 2.46. The van der Waals surface area contributed by atoms with Gasteiger partial charge in [0, 0.05) is 19.5 Å². The van der Waals surface area contributed by atoms with Crippen molar-refractivity contribution in [3.8, 4) is 0 Å². The number of hydrogen-bond donors (Lipinski definition) is 1. The van der Waals surface area contributed by atoms with Crippen LogP contribution in [0.4, 0.5) is 5.95 Å². The van der Waals surface area contributed by atoms with Crippen LogP contribution in [0.25, 0.3) is 11.0 Å². The molecule has 0 unspecified atom stereocenters. The van der Waals surface area contributed by atoms with E-state index >= 15 is 0 Å². The molecule has 0 bridgehead atoms. The fourth-order valence-electron chi connectivity index (χ4n) is 1.86. The van der Waals surface area contributed by atoms with Gasteiger partial charge in [0.1, 0.15) is 5.78 Å². The normalized spacial score (nSPS) is 10.7. The number of nitrogens with one attached hydrogen (secondary N) is 1. The number of hydrogen-bond acceptors (Lipinski definition) is 3. The predicted molar refractivity (Wildman–Crippen MR) is 69.2 cm³/mol. The maximum absolute atomic E-state index is 11.1. The van der Waals surface area contributed by atoms with Gasteiger partial charge in [-0.05, 0) is 26.0 Å². The summed E-state index contributed by atoms with van der Waals surface area (Å²) < 4.78 is 2.07. The molecule has 0 saturated carbocycles. The Morgan fingerprint density at radius 3 is 2.88 bits per heavy atom. The molecular weight excluding hydrogens is 214 g/mol.